The maximum Gasteiger partial charge on any atom is 0.419 e. The van der Waals surface area contributed by atoms with Crippen molar-refractivity contribution in [1.29, 1.82) is 5.26 Å². The molecule has 77 heavy (non-hydrogen) atoms. The minimum Gasteiger partial charge on any atom is -0.506 e. The number of unbranched alkanes of at least 4 members (excludes halogenated alkanes) is 13. The molecule has 2 amide bonds. The molecule has 0 bridgehead atoms. The van der Waals surface area contributed by atoms with Crippen molar-refractivity contribution < 1.29 is 37.4 Å². The molecule has 3 N–H and O–H groups in total. The number of anilines is 2. The van der Waals surface area contributed by atoms with Gasteiger partial charge in [0.05, 0.1) is 56.5 Å². The number of nitriles is 1. The van der Waals surface area contributed by atoms with E-state index in [4.69, 9.17) is 21.1 Å². The molecular formula is C57H69ClN8O8S3. The number of hydrogen-bond donors (Lipinski definition) is 3. The summed E-state index contributed by atoms with van der Waals surface area (Å²) >= 11 is 9.08. The molecule has 0 fully saturated rings. The van der Waals surface area contributed by atoms with Crippen LogP contribution in [0.25, 0.3) is 16.5 Å². The van der Waals surface area contributed by atoms with Crippen molar-refractivity contribution in [3.05, 3.63) is 113 Å². The van der Waals surface area contributed by atoms with Gasteiger partial charge in [0.15, 0.2) is 0 Å². The van der Waals surface area contributed by atoms with Crippen molar-refractivity contribution in [2.75, 3.05) is 35.7 Å². The number of fused-ring (bicyclic) bond motifs is 1. The van der Waals surface area contributed by atoms with E-state index in [1.165, 1.54) is 117 Å². The van der Waals surface area contributed by atoms with E-state index < -0.39 is 22.0 Å². The second kappa shape index (κ2) is 31.3. The van der Waals surface area contributed by atoms with Gasteiger partial charge < -0.3 is 19.9 Å². The Morgan fingerprint density at radius 2 is 1.51 bits per heavy atom. The van der Waals surface area contributed by atoms with Crippen molar-refractivity contribution in [2.45, 2.75) is 144 Å². The van der Waals surface area contributed by atoms with Crippen LogP contribution >= 0.6 is 35.1 Å². The first kappa shape index (κ1) is 60.1. The summed E-state index contributed by atoms with van der Waals surface area (Å²) < 4.78 is 42.2. The Bertz CT molecular complexity index is 3080. The molecular weight excluding hydrogens is 1060 g/mol. The van der Waals surface area contributed by atoms with Gasteiger partial charge in [0.25, 0.3) is 5.91 Å². The Labute approximate surface area is 466 Å². The number of amides is 2. The highest BCUT2D eigenvalue weighted by molar-refractivity contribution is 8.00. The third-order valence-electron chi connectivity index (χ3n) is 12.6. The number of halogens is 1. The van der Waals surface area contributed by atoms with E-state index in [2.05, 4.69) is 38.6 Å². The van der Waals surface area contributed by atoms with Crippen LogP contribution in [0, 0.1) is 11.3 Å². The van der Waals surface area contributed by atoms with Crippen LogP contribution in [-0.2, 0) is 25.3 Å². The maximum absolute atomic E-state index is 14.3. The highest BCUT2D eigenvalue weighted by Gasteiger charge is 2.25. The highest BCUT2D eigenvalue weighted by Crippen LogP contribution is 2.37. The minimum absolute atomic E-state index is 0.0453. The lowest BCUT2D eigenvalue weighted by atomic mass is 10.0. The number of rotatable bonds is 32. The van der Waals surface area contributed by atoms with Crippen molar-refractivity contribution in [2.24, 2.45) is 0 Å². The molecule has 0 saturated heterocycles. The molecule has 16 nitrogen and oxygen atoms in total. The molecule has 6 aromatic rings. The number of phenols is 1. The SMILES string of the molecule is CCCCCCCCCCCCCCCCNS(=O)(=O)c1ccc(Cl)c(NC(=O)c2ccc3c(N(CCC)C(=O)Oc4ccc(C#N)cc4CSc4nnnn4-c4cccc(SCC(=O)OCCC)c4)cccc3c2O)c1. The smallest absolute Gasteiger partial charge is 0.419 e. The first-order valence-corrected chi connectivity index (χ1v) is 30.4. The van der Waals surface area contributed by atoms with Crippen molar-refractivity contribution in [3.8, 4) is 23.3 Å². The summed E-state index contributed by atoms with van der Waals surface area (Å²) in [5.74, 6) is -0.845. The first-order valence-electron chi connectivity index (χ1n) is 26.5. The molecule has 20 heteroatoms. The zero-order valence-corrected chi connectivity index (χ0v) is 47.3. The molecule has 0 saturated carbocycles. The van der Waals surface area contributed by atoms with Gasteiger partial charge in [-0.25, -0.2) is 17.9 Å². The van der Waals surface area contributed by atoms with Crippen LogP contribution in [0.15, 0.2) is 106 Å². The van der Waals surface area contributed by atoms with Crippen molar-refractivity contribution in [1.82, 2.24) is 24.9 Å². The highest BCUT2D eigenvalue weighted by atomic mass is 35.5. The molecule has 0 aliphatic carbocycles. The summed E-state index contributed by atoms with van der Waals surface area (Å²) in [4.78, 5) is 42.4. The fourth-order valence-corrected chi connectivity index (χ4v) is 11.4. The van der Waals surface area contributed by atoms with E-state index in [9.17, 15) is 33.2 Å². The third kappa shape index (κ3) is 17.9. The number of sulfonamides is 1. The zero-order valence-electron chi connectivity index (χ0n) is 44.1. The lowest BCUT2D eigenvalue weighted by Gasteiger charge is -2.24. The summed E-state index contributed by atoms with van der Waals surface area (Å²) in [6.45, 7) is 6.95. The van der Waals surface area contributed by atoms with Crippen molar-refractivity contribution >= 4 is 85.3 Å². The van der Waals surface area contributed by atoms with Crippen LogP contribution in [0.4, 0.5) is 16.2 Å². The summed E-state index contributed by atoms with van der Waals surface area (Å²) in [7, 11) is -3.92. The summed E-state index contributed by atoms with van der Waals surface area (Å²) in [5, 5.41) is 37.6. The Morgan fingerprint density at radius 3 is 2.21 bits per heavy atom. The molecule has 0 radical (unpaired) electrons. The van der Waals surface area contributed by atoms with Crippen LogP contribution in [0.2, 0.25) is 5.02 Å². The number of nitrogens with zero attached hydrogens (tertiary/aromatic N) is 6. The van der Waals surface area contributed by atoms with Gasteiger partial charge in [0.1, 0.15) is 11.5 Å². The Hall–Kier alpha value is -6.17. The number of hydrogen-bond acceptors (Lipinski definition) is 14. The van der Waals surface area contributed by atoms with Gasteiger partial charge in [0.2, 0.25) is 15.2 Å². The van der Waals surface area contributed by atoms with E-state index >= 15 is 0 Å². The van der Waals surface area contributed by atoms with Crippen LogP contribution in [-0.4, -0.2) is 77.2 Å². The largest absolute Gasteiger partial charge is 0.506 e. The van der Waals surface area contributed by atoms with Crippen LogP contribution in [0.5, 0.6) is 11.5 Å². The number of aromatic nitrogens is 4. The number of esters is 1. The van der Waals surface area contributed by atoms with Gasteiger partial charge in [-0.1, -0.05) is 152 Å². The predicted octanol–water partition coefficient (Wildman–Crippen LogP) is 13.8. The van der Waals surface area contributed by atoms with Gasteiger partial charge in [-0.3, -0.25) is 14.5 Å². The monoisotopic (exact) mass is 1120 g/mol. The number of phenolic OH excluding ortho intramolecular Hbond substituents is 1. The maximum atomic E-state index is 14.3. The number of tetrazole rings is 1. The summed E-state index contributed by atoms with van der Waals surface area (Å²) in [6.07, 6.45) is 17.4. The Kier molecular flexibility index (Phi) is 24.4. The lowest BCUT2D eigenvalue weighted by Crippen LogP contribution is -2.34. The summed E-state index contributed by atoms with van der Waals surface area (Å²) in [5.41, 5.74) is 1.87. The standard InChI is InChI=1S/C57H69ClN8O8S3/c1-4-7-8-9-10-11-12-13-14-15-16-17-18-19-32-60-77(71,72)45-27-30-49(58)50(37-45)61-55(69)48-29-28-46-47(54(48)68)24-21-25-51(46)65(33-5-2)57(70)74-52-31-26-41(38-59)35-42(52)39-76-56-62-63-64-66(56)43-22-20-23-44(36-43)75-40-53(67)73-34-6-3/h20-31,35-37,60,68H,4-19,32-34,39-40H2,1-3H3,(H,61,69). The number of ether oxygens (including phenoxy) is 2. The molecule has 6 rings (SSSR count). The third-order valence-corrected chi connectivity index (χ3v) is 16.3. The van der Waals surface area contributed by atoms with Crippen LogP contribution in [0.3, 0.4) is 0 Å². The lowest BCUT2D eigenvalue weighted by molar-refractivity contribution is -0.140. The molecule has 5 aromatic carbocycles. The second-order valence-electron chi connectivity index (χ2n) is 18.5. The van der Waals surface area contributed by atoms with Gasteiger partial charge in [-0.05, 0) is 96.4 Å². The zero-order chi connectivity index (χ0) is 55.0. The molecule has 0 aliphatic rings. The molecule has 0 aliphatic heterocycles. The summed E-state index contributed by atoms with van der Waals surface area (Å²) in [6, 6.07) is 26.4. The average Bonchev–Trinajstić information content (AvgIpc) is 3.95. The quantitative estimate of drug-likeness (QED) is 0.0203. The molecule has 410 valence electrons. The fraction of sp³-hybridized carbons (Fsp3) is 0.421. The van der Waals surface area contributed by atoms with Gasteiger partial charge >= 0.3 is 12.1 Å². The Balaban J connectivity index is 1.07. The number of carbonyl (C=O) groups excluding carboxylic acids is 3. The van der Waals surface area contributed by atoms with E-state index in [0.29, 0.717) is 52.5 Å². The van der Waals surface area contributed by atoms with E-state index in [1.54, 1.807) is 47.1 Å². The van der Waals surface area contributed by atoms with E-state index in [-0.39, 0.29) is 68.6 Å². The van der Waals surface area contributed by atoms with E-state index in [1.807, 2.05) is 38.1 Å². The minimum atomic E-state index is -3.92. The van der Waals surface area contributed by atoms with Crippen LogP contribution in [0.1, 0.15) is 145 Å². The second-order valence-corrected chi connectivity index (χ2v) is 22.7. The van der Waals surface area contributed by atoms with Gasteiger partial charge in [0, 0.05) is 40.1 Å². The van der Waals surface area contributed by atoms with Crippen molar-refractivity contribution in [3.63, 3.8) is 0 Å². The molecule has 0 atom stereocenters. The first-order chi connectivity index (χ1) is 37.4. The van der Waals surface area contributed by atoms with E-state index in [0.717, 1.165) is 30.6 Å². The Morgan fingerprint density at radius 1 is 0.792 bits per heavy atom. The number of carbonyl (C=O) groups is 3. The number of nitrogens with one attached hydrogen (secondary N) is 2. The fourth-order valence-electron chi connectivity index (χ4n) is 8.53. The van der Waals surface area contributed by atoms with Gasteiger partial charge in [-0.2, -0.15) is 9.94 Å². The molecule has 1 aromatic heterocycles. The van der Waals surface area contributed by atoms with Crippen LogP contribution < -0.4 is 19.7 Å². The number of aromatic hydroxyl groups is 1. The normalized spacial score (nSPS) is 11.4. The molecule has 1 heterocycles. The topological polar surface area (TPSA) is 219 Å². The molecule has 0 spiro atoms. The van der Waals surface area contributed by atoms with Gasteiger partial charge in [-0.15, -0.1) is 16.9 Å². The predicted molar refractivity (Wildman–Crippen MR) is 306 cm³/mol. The average molecular weight is 1130 g/mol. The number of thioether (sulfide) groups is 2. The number of benzene rings is 5. The molecule has 0 unspecified atom stereocenters.